The number of amides is 1. The third-order valence-corrected chi connectivity index (χ3v) is 10.4. The van der Waals surface area contributed by atoms with E-state index in [-0.39, 0.29) is 12.5 Å². The van der Waals surface area contributed by atoms with Gasteiger partial charge in [-0.2, -0.15) is 0 Å². The molecule has 1 saturated heterocycles. The summed E-state index contributed by atoms with van der Waals surface area (Å²) in [4.78, 5) is 12.9. The van der Waals surface area contributed by atoms with E-state index in [1.807, 2.05) is 6.08 Å². The van der Waals surface area contributed by atoms with Crippen LogP contribution in [0.1, 0.15) is 194 Å². The fourth-order valence-corrected chi connectivity index (χ4v) is 6.86. The van der Waals surface area contributed by atoms with Crippen LogP contribution in [0.5, 0.6) is 0 Å². The number of aliphatic hydroxyl groups excluding tert-OH is 5. The molecule has 0 saturated carbocycles. The maximum Gasteiger partial charge on any atom is 0.220 e. The van der Waals surface area contributed by atoms with Crippen molar-refractivity contribution in [2.75, 3.05) is 13.2 Å². The van der Waals surface area contributed by atoms with Crippen molar-refractivity contribution in [2.45, 2.75) is 236 Å². The Balaban J connectivity index is 2.39. The Labute approximate surface area is 312 Å². The molecule has 1 amide bonds. The quantitative estimate of drug-likeness (QED) is 0.0283. The number of rotatable bonds is 35. The van der Waals surface area contributed by atoms with Gasteiger partial charge in [-0.15, -0.1) is 0 Å². The normalized spacial score (nSPS) is 22.1. The molecule has 0 unspecified atom stereocenters. The molecule has 0 radical (unpaired) electrons. The maximum absolute atomic E-state index is 12.9. The molecule has 9 nitrogen and oxygen atoms in total. The van der Waals surface area contributed by atoms with Gasteiger partial charge in [-0.3, -0.25) is 4.79 Å². The van der Waals surface area contributed by atoms with E-state index < -0.39 is 49.5 Å². The number of nitrogens with one attached hydrogen (secondary N) is 1. The van der Waals surface area contributed by atoms with Crippen molar-refractivity contribution in [3.05, 3.63) is 12.2 Å². The van der Waals surface area contributed by atoms with E-state index in [1.165, 1.54) is 135 Å². The summed E-state index contributed by atoms with van der Waals surface area (Å²) in [7, 11) is 0. The maximum atomic E-state index is 12.9. The summed E-state index contributed by atoms with van der Waals surface area (Å²) in [5.41, 5.74) is 0. The minimum Gasteiger partial charge on any atom is -0.394 e. The monoisotopic (exact) mass is 728 g/mol. The van der Waals surface area contributed by atoms with Gasteiger partial charge < -0.3 is 40.3 Å². The van der Waals surface area contributed by atoms with Gasteiger partial charge in [0.05, 0.1) is 25.4 Å². The molecule has 6 N–H and O–H groups in total. The van der Waals surface area contributed by atoms with Gasteiger partial charge in [-0.1, -0.05) is 180 Å². The Morgan fingerprint density at radius 1 is 0.647 bits per heavy atom. The summed E-state index contributed by atoms with van der Waals surface area (Å²) < 4.78 is 11.2. The van der Waals surface area contributed by atoms with Gasteiger partial charge in [0, 0.05) is 6.42 Å². The fourth-order valence-electron chi connectivity index (χ4n) is 6.86. The topological polar surface area (TPSA) is 149 Å². The molecule has 51 heavy (non-hydrogen) atoms. The molecule has 0 spiro atoms. The lowest BCUT2D eigenvalue weighted by atomic mass is 9.99. The molecule has 0 aromatic heterocycles. The predicted octanol–water partition coefficient (Wildman–Crippen LogP) is 8.17. The molecule has 0 bridgehead atoms. The van der Waals surface area contributed by atoms with Crippen molar-refractivity contribution in [3.8, 4) is 0 Å². The largest absolute Gasteiger partial charge is 0.394 e. The first-order valence-electron chi connectivity index (χ1n) is 21.4. The summed E-state index contributed by atoms with van der Waals surface area (Å²) in [5, 5.41) is 54.0. The second kappa shape index (κ2) is 33.5. The molecule has 1 aliphatic rings. The lowest BCUT2D eigenvalue weighted by Crippen LogP contribution is -2.60. The second-order valence-corrected chi connectivity index (χ2v) is 15.1. The SMILES string of the molecule is CCCCCCCCCCCCCC=C[C@@H](O)[C@H](CO[C@@H]1O[C@H](CO)[C@@H](O)[C@H](O)[C@H]1O)NC(=O)CCCCCCCCCCCCCCCCC. The van der Waals surface area contributed by atoms with Gasteiger partial charge in [0.1, 0.15) is 24.4 Å². The molecule has 0 aliphatic carbocycles. The minimum absolute atomic E-state index is 0.176. The van der Waals surface area contributed by atoms with E-state index in [0.717, 1.165) is 38.5 Å². The highest BCUT2D eigenvalue weighted by Gasteiger charge is 2.44. The van der Waals surface area contributed by atoms with E-state index >= 15 is 0 Å². The van der Waals surface area contributed by atoms with Crippen LogP contribution in [0.3, 0.4) is 0 Å². The third kappa shape index (κ3) is 24.8. The van der Waals surface area contributed by atoms with Gasteiger partial charge in [0.2, 0.25) is 5.91 Å². The first-order valence-corrected chi connectivity index (χ1v) is 21.4. The Bertz CT molecular complexity index is 812. The molecule has 1 aliphatic heterocycles. The van der Waals surface area contributed by atoms with Crippen molar-refractivity contribution in [1.29, 1.82) is 0 Å². The molecule has 9 heteroatoms. The van der Waals surface area contributed by atoms with Gasteiger partial charge in [0.15, 0.2) is 6.29 Å². The van der Waals surface area contributed by atoms with Crippen molar-refractivity contribution in [2.24, 2.45) is 0 Å². The highest BCUT2D eigenvalue weighted by Crippen LogP contribution is 2.22. The highest BCUT2D eigenvalue weighted by molar-refractivity contribution is 5.76. The van der Waals surface area contributed by atoms with Crippen molar-refractivity contribution in [3.63, 3.8) is 0 Å². The molecule has 1 rings (SSSR count). The number of carbonyl (C=O) groups excluding carboxylic acids is 1. The lowest BCUT2D eigenvalue weighted by Gasteiger charge is -2.40. The fraction of sp³-hybridized carbons (Fsp3) is 0.929. The number of carbonyl (C=O) groups is 1. The second-order valence-electron chi connectivity index (χ2n) is 15.1. The summed E-state index contributed by atoms with van der Waals surface area (Å²) in [5.74, 6) is -0.176. The Morgan fingerprint density at radius 2 is 1.08 bits per heavy atom. The van der Waals surface area contributed by atoms with E-state index in [1.54, 1.807) is 6.08 Å². The summed E-state index contributed by atoms with van der Waals surface area (Å²) in [6.45, 7) is 3.76. The van der Waals surface area contributed by atoms with Crippen molar-refractivity contribution < 1.29 is 39.8 Å². The zero-order valence-corrected chi connectivity index (χ0v) is 32.9. The van der Waals surface area contributed by atoms with Crippen LogP contribution in [0.2, 0.25) is 0 Å². The van der Waals surface area contributed by atoms with E-state index in [4.69, 9.17) is 9.47 Å². The smallest absolute Gasteiger partial charge is 0.220 e. The Kier molecular flexibility index (Phi) is 31.5. The summed E-state index contributed by atoms with van der Waals surface area (Å²) in [6.07, 6.45) is 29.6. The average molecular weight is 728 g/mol. The molecule has 0 aromatic carbocycles. The average Bonchev–Trinajstić information content (AvgIpc) is 3.13. The van der Waals surface area contributed by atoms with E-state index in [9.17, 15) is 30.3 Å². The van der Waals surface area contributed by atoms with Gasteiger partial charge in [-0.05, 0) is 19.3 Å². The van der Waals surface area contributed by atoms with E-state index in [2.05, 4.69) is 19.2 Å². The van der Waals surface area contributed by atoms with Crippen LogP contribution in [-0.4, -0.2) is 87.5 Å². The lowest BCUT2D eigenvalue weighted by molar-refractivity contribution is -0.302. The number of allylic oxidation sites excluding steroid dienone is 1. The van der Waals surface area contributed by atoms with Crippen LogP contribution in [0.25, 0.3) is 0 Å². The van der Waals surface area contributed by atoms with Gasteiger partial charge >= 0.3 is 0 Å². The third-order valence-electron chi connectivity index (χ3n) is 10.4. The van der Waals surface area contributed by atoms with Crippen LogP contribution < -0.4 is 5.32 Å². The first kappa shape index (κ1) is 48.0. The number of aliphatic hydroxyl groups is 5. The Hall–Kier alpha value is -1.07. The summed E-state index contributed by atoms with van der Waals surface area (Å²) in [6, 6.07) is -0.796. The number of hydrogen-bond donors (Lipinski definition) is 6. The van der Waals surface area contributed by atoms with E-state index in [0.29, 0.717) is 6.42 Å². The standard InChI is InChI=1S/C42H81NO8/c1-3-5-7-9-11-13-15-17-18-20-22-24-26-28-30-32-38(46)43-35(34-50-42-41(49)40(48)39(47)37(33-44)51-42)36(45)31-29-27-25-23-21-19-16-14-12-10-8-6-4-2/h29,31,35-37,39-42,44-45,47-49H,3-28,30,32-34H2,1-2H3,(H,43,46)/t35-,36+,37+,39+,40-,41+,42+/m0/s1. The predicted molar refractivity (Wildman–Crippen MR) is 207 cm³/mol. The van der Waals surface area contributed by atoms with Gasteiger partial charge in [0.25, 0.3) is 0 Å². The highest BCUT2D eigenvalue weighted by atomic mass is 16.7. The van der Waals surface area contributed by atoms with Crippen LogP contribution in [0.4, 0.5) is 0 Å². The zero-order valence-electron chi connectivity index (χ0n) is 32.9. The van der Waals surface area contributed by atoms with Crippen LogP contribution in [-0.2, 0) is 14.3 Å². The molecule has 1 fully saturated rings. The van der Waals surface area contributed by atoms with Gasteiger partial charge in [-0.25, -0.2) is 0 Å². The van der Waals surface area contributed by atoms with Crippen LogP contribution >= 0.6 is 0 Å². The first-order chi connectivity index (χ1) is 24.8. The van der Waals surface area contributed by atoms with Crippen LogP contribution in [0.15, 0.2) is 12.2 Å². The number of hydrogen-bond acceptors (Lipinski definition) is 8. The minimum atomic E-state index is -1.56. The number of ether oxygens (including phenoxy) is 2. The summed E-state index contributed by atoms with van der Waals surface area (Å²) >= 11 is 0. The molecule has 7 atom stereocenters. The molecule has 1 heterocycles. The molecular formula is C42H81NO8. The molecule has 0 aromatic rings. The van der Waals surface area contributed by atoms with Crippen LogP contribution in [0, 0.1) is 0 Å². The molecule has 302 valence electrons. The molecular weight excluding hydrogens is 646 g/mol. The Morgan fingerprint density at radius 3 is 1.53 bits per heavy atom. The van der Waals surface area contributed by atoms with Crippen molar-refractivity contribution >= 4 is 5.91 Å². The van der Waals surface area contributed by atoms with Crippen molar-refractivity contribution in [1.82, 2.24) is 5.32 Å². The zero-order chi connectivity index (χ0) is 37.4. The number of unbranched alkanes of at least 4 members (excludes halogenated alkanes) is 25.